The first-order chi connectivity index (χ1) is 31.3. The molecule has 2 saturated heterocycles. The van der Waals surface area contributed by atoms with Crippen LogP contribution in [0.25, 0.3) is 0 Å². The molecule has 2 aliphatic rings. The lowest BCUT2D eigenvalue weighted by Crippen LogP contribution is -2.39. The van der Waals surface area contributed by atoms with Crippen LogP contribution < -0.4 is 0 Å². The Hall–Kier alpha value is -0.400. The maximum atomic E-state index is 11.0. The summed E-state index contributed by atoms with van der Waals surface area (Å²) in [6, 6.07) is 0. The molecule has 10 heteroatoms. The molecule has 0 aromatic heterocycles. The molecule has 0 saturated carbocycles. The number of ether oxygens (including phenoxy) is 4. The predicted molar refractivity (Wildman–Crippen MR) is 268 cm³/mol. The average Bonchev–Trinajstić information content (AvgIpc) is 3.89. The van der Waals surface area contributed by atoms with Crippen LogP contribution >= 0.6 is 0 Å². The zero-order valence-electron chi connectivity index (χ0n) is 43.2. The molecule has 8 atom stereocenters. The quantitative estimate of drug-likeness (QED) is 0.0439. The minimum Gasteiger partial charge on any atom is -0.392 e. The van der Waals surface area contributed by atoms with Gasteiger partial charge in [0.1, 0.15) is 24.4 Å². The van der Waals surface area contributed by atoms with Crippen molar-refractivity contribution in [2.24, 2.45) is 0 Å². The van der Waals surface area contributed by atoms with Gasteiger partial charge in [0, 0.05) is 52.5 Å². The zero-order valence-corrected chi connectivity index (χ0v) is 43.2. The van der Waals surface area contributed by atoms with Crippen LogP contribution in [0.4, 0.5) is 0 Å². The first-order valence-corrected chi connectivity index (χ1v) is 27.9. The number of hydrogen-bond donors (Lipinski definition) is 4. The number of fused-ring (bicyclic) bond motifs is 1. The summed E-state index contributed by atoms with van der Waals surface area (Å²) >= 11 is 0. The molecule has 4 N–H and O–H groups in total. The van der Waals surface area contributed by atoms with Crippen molar-refractivity contribution in [1.29, 1.82) is 0 Å². The summed E-state index contributed by atoms with van der Waals surface area (Å²) in [4.78, 5) is 4.51. The Balaban J connectivity index is 0.0000101. The highest BCUT2D eigenvalue weighted by Crippen LogP contribution is 2.31. The maximum Gasteiger partial charge on any atom is 0.115 e. The maximum absolute atomic E-state index is 11.0. The summed E-state index contributed by atoms with van der Waals surface area (Å²) in [7, 11) is 0. The Morgan fingerprint density at radius 3 is 0.906 bits per heavy atom. The van der Waals surface area contributed by atoms with Gasteiger partial charge in [-0.15, -0.1) is 0 Å². The molecule has 2 aliphatic heterocycles. The van der Waals surface area contributed by atoms with Gasteiger partial charge in [-0.2, -0.15) is 0 Å². The van der Waals surface area contributed by atoms with E-state index in [0.29, 0.717) is 52.6 Å². The minimum atomic E-state index is -0.373. The van der Waals surface area contributed by atoms with Gasteiger partial charge in [0.15, 0.2) is 0 Å². The van der Waals surface area contributed by atoms with E-state index >= 15 is 0 Å². The fourth-order valence-electron chi connectivity index (χ4n) is 9.47. The number of rotatable bonds is 46. The van der Waals surface area contributed by atoms with Gasteiger partial charge < -0.3 is 39.4 Å². The SMILES string of the molecule is CC.CCCCCCCCC(O)CN(CCCOC1COC2C(OCCCN(CC(O)CCCCCCCC)CC(O)CCCCCCCC)COC12)CC(O)CCCCCCCC. The van der Waals surface area contributed by atoms with E-state index in [0.717, 1.165) is 77.3 Å². The normalized spacial score (nSPS) is 20.4. The van der Waals surface area contributed by atoms with Crippen LogP contribution in [0.5, 0.6) is 0 Å². The Kier molecular flexibility index (Phi) is 42.2. The van der Waals surface area contributed by atoms with Gasteiger partial charge in [-0.1, -0.05) is 196 Å². The molecular weight excluding hydrogens is 805 g/mol. The average molecular weight is 915 g/mol. The molecule has 2 fully saturated rings. The highest BCUT2D eigenvalue weighted by atomic mass is 16.6. The summed E-state index contributed by atoms with van der Waals surface area (Å²) in [5, 5.41) is 43.8. The van der Waals surface area contributed by atoms with E-state index < -0.39 is 0 Å². The van der Waals surface area contributed by atoms with E-state index in [4.69, 9.17) is 18.9 Å². The van der Waals surface area contributed by atoms with Crippen LogP contribution in [0.1, 0.15) is 234 Å². The summed E-state index contributed by atoms with van der Waals surface area (Å²) in [6.07, 6.45) is 32.1. The second kappa shape index (κ2) is 43.9. The van der Waals surface area contributed by atoms with Crippen molar-refractivity contribution in [3.63, 3.8) is 0 Å². The minimum absolute atomic E-state index is 0.129. The van der Waals surface area contributed by atoms with E-state index in [9.17, 15) is 20.4 Å². The van der Waals surface area contributed by atoms with Gasteiger partial charge in [0.25, 0.3) is 0 Å². The molecule has 0 bridgehead atoms. The van der Waals surface area contributed by atoms with Gasteiger partial charge >= 0.3 is 0 Å². The number of unbranched alkanes of at least 4 members (excludes halogenated alkanes) is 20. The Bertz CT molecular complexity index is 844. The molecule has 0 radical (unpaired) electrons. The molecule has 64 heavy (non-hydrogen) atoms. The van der Waals surface area contributed by atoms with Gasteiger partial charge in [0.05, 0.1) is 37.6 Å². The molecule has 2 rings (SSSR count). The monoisotopic (exact) mass is 915 g/mol. The van der Waals surface area contributed by atoms with Crippen LogP contribution in [0.3, 0.4) is 0 Å². The van der Waals surface area contributed by atoms with Gasteiger partial charge in [0.2, 0.25) is 0 Å². The van der Waals surface area contributed by atoms with E-state index in [1.165, 1.54) is 128 Å². The fourth-order valence-corrected chi connectivity index (χ4v) is 9.47. The molecule has 8 unspecified atom stereocenters. The van der Waals surface area contributed by atoms with Gasteiger partial charge in [-0.3, -0.25) is 9.80 Å². The molecule has 0 aliphatic carbocycles. The van der Waals surface area contributed by atoms with Crippen LogP contribution in [-0.2, 0) is 18.9 Å². The largest absolute Gasteiger partial charge is 0.392 e. The number of aliphatic hydroxyl groups excluding tert-OH is 4. The molecule has 2 heterocycles. The molecule has 0 spiro atoms. The standard InChI is InChI=1S/C52H104N2O8.C2H6/c1-5-9-13-17-21-25-31-45(55)39-53(40-46(56)32-26-22-18-14-10-6-2)35-29-37-59-49-43-61-52-50(44-62-51(49)52)60-38-30-36-54(41-47(57)33-27-23-19-15-11-7-3)42-48(58)34-28-24-20-16-12-8-4;1-2/h45-52,55-58H,5-44H2,1-4H3;1-2H3. The Morgan fingerprint density at radius 2 is 0.641 bits per heavy atom. The van der Waals surface area contributed by atoms with Crippen LogP contribution in [0, 0.1) is 0 Å². The highest BCUT2D eigenvalue weighted by molar-refractivity contribution is 4.96. The third-order valence-corrected chi connectivity index (χ3v) is 13.3. The number of hydrogen-bond acceptors (Lipinski definition) is 10. The summed E-state index contributed by atoms with van der Waals surface area (Å²) in [5.74, 6) is 0. The summed E-state index contributed by atoms with van der Waals surface area (Å²) in [5.41, 5.74) is 0. The van der Waals surface area contributed by atoms with Crippen molar-refractivity contribution in [2.45, 2.75) is 283 Å². The molecule has 0 aromatic carbocycles. The molecule has 384 valence electrons. The Morgan fingerprint density at radius 1 is 0.391 bits per heavy atom. The van der Waals surface area contributed by atoms with Crippen LogP contribution in [0.2, 0.25) is 0 Å². The van der Waals surface area contributed by atoms with E-state index in [1.54, 1.807) is 0 Å². The lowest BCUT2D eigenvalue weighted by atomic mass is 10.1. The topological polar surface area (TPSA) is 124 Å². The van der Waals surface area contributed by atoms with E-state index in [2.05, 4.69) is 37.5 Å². The van der Waals surface area contributed by atoms with E-state index in [1.807, 2.05) is 13.8 Å². The van der Waals surface area contributed by atoms with Gasteiger partial charge in [-0.25, -0.2) is 0 Å². The molecule has 0 amide bonds. The van der Waals surface area contributed by atoms with Crippen molar-refractivity contribution in [3.05, 3.63) is 0 Å². The van der Waals surface area contributed by atoms with E-state index in [-0.39, 0.29) is 48.8 Å². The van der Waals surface area contributed by atoms with Gasteiger partial charge in [-0.05, 0) is 38.5 Å². The molecular formula is C54H110N2O8. The van der Waals surface area contributed by atoms with Crippen molar-refractivity contribution in [2.75, 3.05) is 65.7 Å². The van der Waals surface area contributed by atoms with Crippen molar-refractivity contribution in [3.8, 4) is 0 Å². The lowest BCUT2D eigenvalue weighted by Gasteiger charge is -2.28. The predicted octanol–water partition coefficient (Wildman–Crippen LogP) is 11.4. The van der Waals surface area contributed by atoms with Crippen LogP contribution in [-0.4, -0.2) is 145 Å². The number of aliphatic hydroxyl groups is 4. The first-order valence-electron chi connectivity index (χ1n) is 27.9. The molecule has 0 aromatic rings. The molecule has 10 nitrogen and oxygen atoms in total. The highest BCUT2D eigenvalue weighted by Gasteiger charge is 2.48. The van der Waals surface area contributed by atoms with Crippen molar-refractivity contribution >= 4 is 0 Å². The van der Waals surface area contributed by atoms with Crippen LogP contribution in [0.15, 0.2) is 0 Å². The Labute approximate surface area is 396 Å². The van der Waals surface area contributed by atoms with Crippen molar-refractivity contribution in [1.82, 2.24) is 9.80 Å². The second-order valence-corrected chi connectivity index (χ2v) is 19.5. The zero-order chi connectivity index (χ0) is 46.9. The third kappa shape index (κ3) is 32.4. The second-order valence-electron chi connectivity index (χ2n) is 19.5. The smallest absolute Gasteiger partial charge is 0.115 e. The third-order valence-electron chi connectivity index (χ3n) is 13.3. The fraction of sp³-hybridized carbons (Fsp3) is 1.00. The van der Waals surface area contributed by atoms with Crippen molar-refractivity contribution < 1.29 is 39.4 Å². The number of nitrogens with zero attached hydrogens (tertiary/aromatic N) is 2. The first kappa shape index (κ1) is 61.6. The lowest BCUT2D eigenvalue weighted by molar-refractivity contribution is -0.0532. The summed E-state index contributed by atoms with van der Waals surface area (Å²) in [6.45, 7) is 19.0. The summed E-state index contributed by atoms with van der Waals surface area (Å²) < 4.78 is 25.2.